The number of anilines is 1. The zero-order valence-corrected chi connectivity index (χ0v) is 24.5. The zero-order valence-electron chi connectivity index (χ0n) is 23.7. The average molecular weight is 602 g/mol. The van der Waals surface area contributed by atoms with Crippen molar-refractivity contribution in [3.63, 3.8) is 0 Å². The van der Waals surface area contributed by atoms with Crippen molar-refractivity contribution >= 4 is 38.6 Å². The molecule has 2 aliphatic heterocycles. The molecule has 0 bridgehead atoms. The van der Waals surface area contributed by atoms with E-state index < -0.39 is 11.9 Å². The molecule has 1 atom stereocenters. The molecule has 226 valence electrons. The first-order valence-electron chi connectivity index (χ1n) is 13.4. The van der Waals surface area contributed by atoms with Crippen LogP contribution in [-0.2, 0) is 9.59 Å². The molecule has 1 aromatic heterocycles. The van der Waals surface area contributed by atoms with Gasteiger partial charge in [0.1, 0.15) is 17.4 Å². The highest BCUT2D eigenvalue weighted by Gasteiger charge is 2.26. The monoisotopic (exact) mass is 601 g/mol. The van der Waals surface area contributed by atoms with Crippen molar-refractivity contribution in [1.82, 2.24) is 9.88 Å². The molecular formula is C29H35N3O9S. The van der Waals surface area contributed by atoms with Crippen molar-refractivity contribution in [1.29, 1.82) is 0 Å². The largest absolute Gasteiger partial charge is 0.493 e. The highest BCUT2D eigenvalue weighted by Crippen LogP contribution is 2.46. The molecule has 3 N–H and O–H groups in total. The van der Waals surface area contributed by atoms with Crippen LogP contribution in [0, 0.1) is 5.92 Å². The van der Waals surface area contributed by atoms with E-state index in [-0.39, 0.29) is 6.10 Å². The molecule has 1 saturated heterocycles. The Morgan fingerprint density at radius 1 is 1.05 bits per heavy atom. The fourth-order valence-electron chi connectivity index (χ4n) is 4.79. The number of hydrogen-bond donors (Lipinski definition) is 3. The fraction of sp³-hybridized carbons (Fsp3) is 0.414. The van der Waals surface area contributed by atoms with Gasteiger partial charge in [0.25, 0.3) is 0 Å². The van der Waals surface area contributed by atoms with Crippen molar-refractivity contribution in [3.05, 3.63) is 42.5 Å². The van der Waals surface area contributed by atoms with Gasteiger partial charge in [-0.15, -0.1) is 0 Å². The smallest absolute Gasteiger partial charge is 0.328 e. The number of methoxy groups -OCH3 is 3. The average Bonchev–Trinajstić information content (AvgIpc) is 3.41. The second kappa shape index (κ2) is 14.6. The van der Waals surface area contributed by atoms with Gasteiger partial charge in [-0.3, -0.25) is 4.90 Å². The van der Waals surface area contributed by atoms with Crippen LogP contribution < -0.4 is 29.0 Å². The molecule has 0 spiro atoms. The Morgan fingerprint density at radius 3 is 2.33 bits per heavy atom. The number of hydrogen-bond acceptors (Lipinski definition) is 11. The van der Waals surface area contributed by atoms with Crippen LogP contribution in [0.25, 0.3) is 10.2 Å². The van der Waals surface area contributed by atoms with Crippen LogP contribution in [0.4, 0.5) is 5.13 Å². The van der Waals surface area contributed by atoms with Gasteiger partial charge in [0.15, 0.2) is 28.1 Å². The summed E-state index contributed by atoms with van der Waals surface area (Å²) < 4.78 is 29.5. The number of nitrogens with one attached hydrogen (secondary N) is 1. The third-order valence-corrected chi connectivity index (χ3v) is 7.86. The molecule has 1 fully saturated rings. The molecule has 0 amide bonds. The van der Waals surface area contributed by atoms with Crippen LogP contribution in [0.2, 0.25) is 0 Å². The molecule has 0 saturated carbocycles. The maximum Gasteiger partial charge on any atom is 0.328 e. The SMILES string of the molecule is COc1cc2nc(NCC3CCN(CC4COc5ccccc5O4)CC3)sc2c(OC)c1OC.O=C(O)/C=C/C(=O)O. The fourth-order valence-corrected chi connectivity index (χ4v) is 5.76. The first-order valence-corrected chi connectivity index (χ1v) is 14.2. The van der Waals surface area contributed by atoms with E-state index in [1.54, 1.807) is 32.7 Å². The number of thiazole rings is 1. The van der Waals surface area contributed by atoms with E-state index in [0.717, 1.165) is 65.9 Å². The standard InChI is InChI=1S/C25H31N3O5S.C4H4O4/c1-29-21-12-18-24(23(31-3)22(21)30-2)34-25(27-18)26-13-16-8-10-28(11-9-16)14-17-15-32-19-6-4-5-7-20(19)33-17;5-3(6)1-2-4(7)8/h4-7,12,16-17H,8-11,13-15H2,1-3H3,(H,26,27);1-2H,(H,5,6)(H,7,8)/b;2-1+. The molecule has 0 aliphatic carbocycles. The van der Waals surface area contributed by atoms with Gasteiger partial charge in [0.2, 0.25) is 5.75 Å². The number of likely N-dealkylation sites (tertiary alicyclic amines) is 1. The number of nitrogens with zero attached hydrogens (tertiary/aromatic N) is 2. The molecule has 3 heterocycles. The van der Waals surface area contributed by atoms with Crippen molar-refractivity contribution in [2.24, 2.45) is 5.92 Å². The van der Waals surface area contributed by atoms with E-state index in [2.05, 4.69) is 10.2 Å². The zero-order chi connectivity index (χ0) is 30.1. The summed E-state index contributed by atoms with van der Waals surface area (Å²) in [6.45, 7) is 4.54. The number of aromatic nitrogens is 1. The van der Waals surface area contributed by atoms with Crippen LogP contribution in [-0.4, -0.2) is 92.3 Å². The highest BCUT2D eigenvalue weighted by molar-refractivity contribution is 7.22. The Morgan fingerprint density at radius 2 is 1.71 bits per heavy atom. The Kier molecular flexibility index (Phi) is 10.7. The van der Waals surface area contributed by atoms with Gasteiger partial charge in [-0.05, 0) is 44.0 Å². The highest BCUT2D eigenvalue weighted by atomic mass is 32.1. The van der Waals surface area contributed by atoms with E-state index in [4.69, 9.17) is 38.9 Å². The summed E-state index contributed by atoms with van der Waals surface area (Å²) in [6.07, 6.45) is 3.49. The van der Waals surface area contributed by atoms with Crippen LogP contribution in [0.3, 0.4) is 0 Å². The van der Waals surface area contributed by atoms with E-state index in [0.29, 0.717) is 41.9 Å². The molecule has 5 rings (SSSR count). The van der Waals surface area contributed by atoms with E-state index in [1.165, 1.54) is 0 Å². The number of benzene rings is 2. The third-order valence-electron chi connectivity index (χ3n) is 6.83. The number of fused-ring (bicyclic) bond motifs is 2. The number of carbonyl (C=O) groups is 2. The predicted molar refractivity (Wildman–Crippen MR) is 158 cm³/mol. The minimum absolute atomic E-state index is 0.0799. The van der Waals surface area contributed by atoms with Crippen LogP contribution in [0.5, 0.6) is 28.7 Å². The Bertz CT molecular complexity index is 1390. The van der Waals surface area contributed by atoms with E-state index in [9.17, 15) is 9.59 Å². The maximum atomic E-state index is 9.55. The molecule has 1 unspecified atom stereocenters. The van der Waals surface area contributed by atoms with Crippen LogP contribution >= 0.6 is 11.3 Å². The van der Waals surface area contributed by atoms with Gasteiger partial charge in [0, 0.05) is 31.3 Å². The Balaban J connectivity index is 0.000000446. The third kappa shape index (κ3) is 7.95. The molecule has 2 aliphatic rings. The topological polar surface area (TPSA) is 149 Å². The summed E-state index contributed by atoms with van der Waals surface area (Å²) in [7, 11) is 4.87. The lowest BCUT2D eigenvalue weighted by atomic mass is 9.96. The molecule has 42 heavy (non-hydrogen) atoms. The van der Waals surface area contributed by atoms with Gasteiger partial charge in [-0.1, -0.05) is 23.5 Å². The van der Waals surface area contributed by atoms with Gasteiger partial charge in [-0.25, -0.2) is 14.6 Å². The summed E-state index contributed by atoms with van der Waals surface area (Å²) in [5.41, 5.74) is 0.841. The maximum absolute atomic E-state index is 9.55. The molecular weight excluding hydrogens is 566 g/mol. The first kappa shape index (κ1) is 30.7. The number of piperidine rings is 1. The molecule has 3 aromatic rings. The Labute approximate surface area is 247 Å². The number of rotatable bonds is 10. The number of carboxylic acids is 2. The van der Waals surface area contributed by atoms with Crippen molar-refractivity contribution in [2.75, 3.05) is 59.4 Å². The number of ether oxygens (including phenoxy) is 5. The van der Waals surface area contributed by atoms with E-state index in [1.807, 2.05) is 30.3 Å². The van der Waals surface area contributed by atoms with Crippen molar-refractivity contribution < 1.29 is 43.5 Å². The van der Waals surface area contributed by atoms with Crippen molar-refractivity contribution in [3.8, 4) is 28.7 Å². The number of carboxylic acid groups (broad SMARTS) is 2. The van der Waals surface area contributed by atoms with Crippen LogP contribution in [0.1, 0.15) is 12.8 Å². The van der Waals surface area contributed by atoms with Gasteiger partial charge >= 0.3 is 11.9 Å². The predicted octanol–water partition coefficient (Wildman–Crippen LogP) is 4.00. The number of aliphatic carboxylic acids is 2. The molecule has 12 nitrogen and oxygen atoms in total. The molecule has 2 aromatic carbocycles. The van der Waals surface area contributed by atoms with E-state index >= 15 is 0 Å². The summed E-state index contributed by atoms with van der Waals surface area (Å²) in [4.78, 5) is 26.3. The summed E-state index contributed by atoms with van der Waals surface area (Å²) >= 11 is 1.58. The molecule has 0 radical (unpaired) electrons. The first-order chi connectivity index (χ1) is 20.3. The summed E-state index contributed by atoms with van der Waals surface area (Å²) in [5, 5.41) is 20.1. The number of para-hydroxylation sites is 2. The second-order valence-electron chi connectivity index (χ2n) is 9.64. The summed E-state index contributed by atoms with van der Waals surface area (Å²) in [6, 6.07) is 9.78. The minimum Gasteiger partial charge on any atom is -0.493 e. The lowest BCUT2D eigenvalue weighted by Gasteiger charge is -2.35. The van der Waals surface area contributed by atoms with Gasteiger partial charge in [0.05, 0.1) is 26.8 Å². The lowest BCUT2D eigenvalue weighted by Crippen LogP contribution is -2.44. The summed E-state index contributed by atoms with van der Waals surface area (Å²) in [5.74, 6) is 1.65. The van der Waals surface area contributed by atoms with Gasteiger partial charge < -0.3 is 39.2 Å². The quantitative estimate of drug-likeness (QED) is 0.288. The van der Waals surface area contributed by atoms with Crippen LogP contribution in [0.15, 0.2) is 42.5 Å². The second-order valence-corrected chi connectivity index (χ2v) is 10.6. The minimum atomic E-state index is -1.26. The van der Waals surface area contributed by atoms with Gasteiger partial charge in [-0.2, -0.15) is 0 Å². The molecule has 13 heteroatoms. The lowest BCUT2D eigenvalue weighted by molar-refractivity contribution is -0.134. The normalized spacial score (nSPS) is 16.9. The van der Waals surface area contributed by atoms with Crippen molar-refractivity contribution in [2.45, 2.75) is 18.9 Å². The Hall–Kier alpha value is -4.23.